The van der Waals surface area contributed by atoms with Gasteiger partial charge in [0.25, 0.3) is 0 Å². The minimum absolute atomic E-state index is 0.0432. The fraction of sp³-hybridized carbons (Fsp3) is 0.263. The minimum atomic E-state index is -0.707. The Bertz CT molecular complexity index is 764. The lowest BCUT2D eigenvalue weighted by molar-refractivity contribution is -0.138. The molecule has 2 atom stereocenters. The first-order valence-electron chi connectivity index (χ1n) is 8.37. The number of nitrogens with zero attached hydrogens (tertiary/aromatic N) is 1. The average Bonchev–Trinajstić information content (AvgIpc) is 3.09. The van der Waals surface area contributed by atoms with Crippen molar-refractivity contribution in [2.75, 3.05) is 13.1 Å². The van der Waals surface area contributed by atoms with Crippen LogP contribution in [0.1, 0.15) is 6.42 Å². The second-order valence-electron chi connectivity index (χ2n) is 6.15. The van der Waals surface area contributed by atoms with Crippen LogP contribution in [0.15, 0.2) is 54.6 Å². The van der Waals surface area contributed by atoms with Crippen molar-refractivity contribution in [3.8, 4) is 17.2 Å². The number of hydrogen-bond acceptors (Lipinski definition) is 5. The van der Waals surface area contributed by atoms with Gasteiger partial charge < -0.3 is 25.8 Å². The van der Waals surface area contributed by atoms with E-state index in [2.05, 4.69) is 0 Å². The van der Waals surface area contributed by atoms with Crippen molar-refractivity contribution >= 4 is 12.0 Å². The van der Waals surface area contributed by atoms with Gasteiger partial charge in [-0.2, -0.15) is 0 Å². The van der Waals surface area contributed by atoms with Crippen LogP contribution in [-0.4, -0.2) is 36.0 Å². The molecule has 0 bridgehead atoms. The molecular formula is C19H21N3O4. The third-order valence-electron chi connectivity index (χ3n) is 4.30. The predicted molar refractivity (Wildman–Crippen MR) is 95.8 cm³/mol. The van der Waals surface area contributed by atoms with E-state index in [9.17, 15) is 9.59 Å². The smallest absolute Gasteiger partial charge is 0.334 e. The van der Waals surface area contributed by atoms with Crippen LogP contribution in [0.5, 0.6) is 17.2 Å². The third kappa shape index (κ3) is 4.12. The Labute approximate surface area is 151 Å². The molecule has 0 radical (unpaired) electrons. The van der Waals surface area contributed by atoms with Crippen molar-refractivity contribution in [1.82, 2.24) is 4.90 Å². The second kappa shape index (κ2) is 7.88. The first-order valence-corrected chi connectivity index (χ1v) is 8.37. The zero-order chi connectivity index (χ0) is 18.5. The summed E-state index contributed by atoms with van der Waals surface area (Å²) in [5.41, 5.74) is 11.0. The maximum absolute atomic E-state index is 12.4. The average molecular weight is 355 g/mol. The van der Waals surface area contributed by atoms with Gasteiger partial charge in [-0.05, 0) is 55.3 Å². The number of nitrogens with two attached hydrogens (primary N) is 2. The molecule has 2 aromatic carbocycles. The number of carbonyl (C=O) groups excluding carboxylic acids is 2. The molecular weight excluding hydrogens is 334 g/mol. The summed E-state index contributed by atoms with van der Waals surface area (Å²) in [7, 11) is 0. The molecule has 1 saturated heterocycles. The van der Waals surface area contributed by atoms with Crippen molar-refractivity contribution < 1.29 is 19.1 Å². The maximum Gasteiger partial charge on any atom is 0.334 e. The Morgan fingerprint density at radius 1 is 1.00 bits per heavy atom. The van der Waals surface area contributed by atoms with Gasteiger partial charge in [-0.3, -0.25) is 0 Å². The second-order valence-corrected chi connectivity index (χ2v) is 6.15. The van der Waals surface area contributed by atoms with Crippen LogP contribution < -0.4 is 20.9 Å². The number of hydrogen-bond donors (Lipinski definition) is 2. The lowest BCUT2D eigenvalue weighted by Gasteiger charge is -2.20. The molecule has 0 aliphatic carbocycles. The maximum atomic E-state index is 12.4. The highest BCUT2D eigenvalue weighted by Gasteiger charge is 2.39. The van der Waals surface area contributed by atoms with Crippen LogP contribution in [-0.2, 0) is 4.79 Å². The van der Waals surface area contributed by atoms with E-state index in [0.29, 0.717) is 36.8 Å². The molecule has 2 amide bonds. The molecule has 136 valence electrons. The summed E-state index contributed by atoms with van der Waals surface area (Å²) in [6, 6.07) is 14.7. The van der Waals surface area contributed by atoms with Gasteiger partial charge in [0, 0.05) is 6.54 Å². The van der Waals surface area contributed by atoms with Crippen molar-refractivity contribution in [2.45, 2.75) is 12.5 Å². The fourth-order valence-corrected chi connectivity index (χ4v) is 2.95. The third-order valence-corrected chi connectivity index (χ3v) is 4.30. The summed E-state index contributed by atoms with van der Waals surface area (Å²) in [6.07, 6.45) is 0.452. The van der Waals surface area contributed by atoms with E-state index in [4.69, 9.17) is 20.9 Å². The first kappa shape index (κ1) is 17.8. The number of likely N-dealkylation sites (tertiary alicyclic amines) is 1. The van der Waals surface area contributed by atoms with Gasteiger partial charge in [-0.15, -0.1) is 0 Å². The Morgan fingerprint density at radius 3 is 2.23 bits per heavy atom. The van der Waals surface area contributed by atoms with E-state index in [1.54, 1.807) is 24.3 Å². The van der Waals surface area contributed by atoms with Gasteiger partial charge in [0.1, 0.15) is 23.3 Å². The van der Waals surface area contributed by atoms with Crippen molar-refractivity contribution in [3.05, 3.63) is 54.6 Å². The van der Waals surface area contributed by atoms with Crippen LogP contribution in [0.2, 0.25) is 0 Å². The quantitative estimate of drug-likeness (QED) is 0.631. The zero-order valence-corrected chi connectivity index (χ0v) is 14.2. The summed E-state index contributed by atoms with van der Waals surface area (Å²) in [5, 5.41) is 0. The standard InChI is InChI=1S/C19H21N3O4/c20-11-13-10-17(22(12-13)19(21)24)18(23)26-16-8-6-15(7-9-16)25-14-4-2-1-3-5-14/h1-9,13,17H,10-12,20H2,(H2,21,24)/t13?,17-/m0/s1. The SMILES string of the molecule is NCC1C[C@@H](C(=O)Oc2ccc(Oc3ccccc3)cc2)N(C(N)=O)C1. The molecule has 3 rings (SSSR count). The number of benzene rings is 2. The number of urea groups is 1. The molecule has 1 unspecified atom stereocenters. The molecule has 0 spiro atoms. The van der Waals surface area contributed by atoms with Crippen molar-refractivity contribution in [2.24, 2.45) is 17.4 Å². The largest absolute Gasteiger partial charge is 0.457 e. The molecule has 7 nitrogen and oxygen atoms in total. The van der Waals surface area contributed by atoms with Crippen LogP contribution in [0.25, 0.3) is 0 Å². The van der Waals surface area contributed by atoms with Crippen LogP contribution in [0, 0.1) is 5.92 Å². The molecule has 0 aromatic heterocycles. The number of carbonyl (C=O) groups is 2. The fourth-order valence-electron chi connectivity index (χ4n) is 2.95. The molecule has 2 aromatic rings. The van der Waals surface area contributed by atoms with E-state index >= 15 is 0 Å². The topological polar surface area (TPSA) is 108 Å². The molecule has 4 N–H and O–H groups in total. The van der Waals surface area contributed by atoms with E-state index < -0.39 is 18.0 Å². The Hall–Kier alpha value is -3.06. The van der Waals surface area contributed by atoms with Gasteiger partial charge in [-0.1, -0.05) is 18.2 Å². The number of amides is 2. The molecule has 1 heterocycles. The van der Waals surface area contributed by atoms with Crippen molar-refractivity contribution in [3.63, 3.8) is 0 Å². The molecule has 7 heteroatoms. The van der Waals surface area contributed by atoms with E-state index in [-0.39, 0.29) is 5.92 Å². The summed E-state index contributed by atoms with van der Waals surface area (Å²) in [4.78, 5) is 25.3. The highest BCUT2D eigenvalue weighted by Crippen LogP contribution is 2.26. The minimum Gasteiger partial charge on any atom is -0.457 e. The number of rotatable bonds is 5. The first-order chi connectivity index (χ1) is 12.6. The van der Waals surface area contributed by atoms with Gasteiger partial charge >= 0.3 is 12.0 Å². The Kier molecular flexibility index (Phi) is 5.38. The molecule has 26 heavy (non-hydrogen) atoms. The highest BCUT2D eigenvalue weighted by atomic mass is 16.5. The summed E-state index contributed by atoms with van der Waals surface area (Å²) in [5.74, 6) is 1.24. The molecule has 1 aliphatic rings. The summed E-state index contributed by atoms with van der Waals surface area (Å²) in [6.45, 7) is 0.758. The van der Waals surface area contributed by atoms with Crippen LogP contribution in [0.3, 0.4) is 0 Å². The normalized spacial score (nSPS) is 19.2. The van der Waals surface area contributed by atoms with Crippen LogP contribution in [0.4, 0.5) is 4.79 Å². The number of para-hydroxylation sites is 1. The predicted octanol–water partition coefficient (Wildman–Crippen LogP) is 2.11. The molecule has 1 aliphatic heterocycles. The van der Waals surface area contributed by atoms with Gasteiger partial charge in [-0.25, -0.2) is 9.59 Å². The number of primary amides is 1. The molecule has 1 fully saturated rings. The van der Waals surface area contributed by atoms with E-state index in [0.717, 1.165) is 0 Å². The van der Waals surface area contributed by atoms with E-state index in [1.807, 2.05) is 30.3 Å². The van der Waals surface area contributed by atoms with Gasteiger partial charge in [0.2, 0.25) is 0 Å². The number of ether oxygens (including phenoxy) is 2. The summed E-state index contributed by atoms with van der Waals surface area (Å²) < 4.78 is 11.1. The van der Waals surface area contributed by atoms with Gasteiger partial charge in [0.15, 0.2) is 0 Å². The number of esters is 1. The van der Waals surface area contributed by atoms with Crippen LogP contribution >= 0.6 is 0 Å². The summed E-state index contributed by atoms with van der Waals surface area (Å²) >= 11 is 0. The highest BCUT2D eigenvalue weighted by molar-refractivity contribution is 5.85. The Balaban J connectivity index is 1.63. The lowest BCUT2D eigenvalue weighted by atomic mass is 10.1. The van der Waals surface area contributed by atoms with E-state index in [1.165, 1.54) is 4.90 Å². The van der Waals surface area contributed by atoms with Crippen molar-refractivity contribution in [1.29, 1.82) is 0 Å². The van der Waals surface area contributed by atoms with Gasteiger partial charge in [0.05, 0.1) is 0 Å². The lowest BCUT2D eigenvalue weighted by Crippen LogP contribution is -2.45. The zero-order valence-electron chi connectivity index (χ0n) is 14.2. The monoisotopic (exact) mass is 355 g/mol. The Morgan fingerprint density at radius 2 is 1.62 bits per heavy atom. The molecule has 0 saturated carbocycles.